The van der Waals surface area contributed by atoms with E-state index >= 15 is 0 Å². The highest BCUT2D eigenvalue weighted by molar-refractivity contribution is 5.86. The first-order valence-electron chi connectivity index (χ1n) is 5.29. The molecule has 0 radical (unpaired) electrons. The van der Waals surface area contributed by atoms with Crippen molar-refractivity contribution in [3.05, 3.63) is 12.7 Å². The van der Waals surface area contributed by atoms with E-state index in [-0.39, 0.29) is 11.8 Å². The molecule has 1 atom stereocenters. The molecular weight excluding hydrogens is 194 g/mol. The van der Waals surface area contributed by atoms with Crippen LogP contribution in [0.15, 0.2) is 12.7 Å². The molecule has 0 saturated heterocycles. The number of amides is 1. The molecule has 1 fully saturated rings. The third-order valence-electron chi connectivity index (χ3n) is 2.46. The molecule has 0 aliphatic heterocycles. The molecule has 1 rings (SSSR count). The summed E-state index contributed by atoms with van der Waals surface area (Å²) < 4.78 is 0. The van der Waals surface area contributed by atoms with Crippen LogP contribution < -0.4 is 5.32 Å². The van der Waals surface area contributed by atoms with E-state index in [4.69, 9.17) is 5.11 Å². The number of carbonyl (C=O) groups excluding carboxylic acids is 1. The predicted octanol–water partition coefficient (Wildman–Crippen LogP) is 1.32. The number of nitrogens with one attached hydrogen (secondary N) is 1. The summed E-state index contributed by atoms with van der Waals surface area (Å²) in [6, 6.07) is -0.738. The second-order valence-electron chi connectivity index (χ2n) is 3.89. The number of carbonyl (C=O) groups is 2. The quantitative estimate of drug-likeness (QED) is 0.493. The Kier molecular flexibility index (Phi) is 4.34. The molecule has 0 bridgehead atoms. The van der Waals surface area contributed by atoms with Crippen molar-refractivity contribution in [2.24, 2.45) is 5.92 Å². The van der Waals surface area contributed by atoms with Crippen LogP contribution in [0.25, 0.3) is 0 Å². The molecule has 1 saturated carbocycles. The largest absolute Gasteiger partial charge is 0.480 e. The normalized spacial score (nSPS) is 16.8. The number of rotatable bonds is 7. The van der Waals surface area contributed by atoms with E-state index in [2.05, 4.69) is 11.9 Å². The predicted molar refractivity (Wildman–Crippen MR) is 56.3 cm³/mol. The Hall–Kier alpha value is -1.32. The summed E-state index contributed by atoms with van der Waals surface area (Å²) in [5.41, 5.74) is 0. The highest BCUT2D eigenvalue weighted by Crippen LogP contribution is 2.29. The van der Waals surface area contributed by atoms with Crippen LogP contribution in [0.3, 0.4) is 0 Å². The Labute approximate surface area is 89.4 Å². The Balaban J connectivity index is 2.31. The van der Waals surface area contributed by atoms with E-state index in [1.165, 1.54) is 0 Å². The number of hydrogen-bond donors (Lipinski definition) is 2. The minimum absolute atomic E-state index is 0.0613. The maximum atomic E-state index is 11.4. The van der Waals surface area contributed by atoms with Crippen molar-refractivity contribution in [2.45, 2.75) is 38.1 Å². The molecule has 1 amide bonds. The number of carboxylic acids is 1. The maximum Gasteiger partial charge on any atom is 0.326 e. The van der Waals surface area contributed by atoms with Gasteiger partial charge in [0.05, 0.1) is 0 Å². The molecule has 15 heavy (non-hydrogen) atoms. The van der Waals surface area contributed by atoms with Crippen molar-refractivity contribution < 1.29 is 14.7 Å². The summed E-state index contributed by atoms with van der Waals surface area (Å²) in [6.45, 7) is 3.57. The van der Waals surface area contributed by atoms with Crippen LogP contribution in [0, 0.1) is 5.92 Å². The van der Waals surface area contributed by atoms with Crippen molar-refractivity contribution >= 4 is 11.9 Å². The molecule has 2 N–H and O–H groups in total. The Morgan fingerprint density at radius 1 is 1.53 bits per heavy atom. The summed E-state index contributed by atoms with van der Waals surface area (Å²) in [5, 5.41) is 11.4. The fraction of sp³-hybridized carbons (Fsp3) is 0.636. The van der Waals surface area contributed by atoms with Gasteiger partial charge in [-0.2, -0.15) is 0 Å². The molecule has 0 unspecified atom stereocenters. The van der Waals surface area contributed by atoms with Gasteiger partial charge in [0.2, 0.25) is 5.91 Å². The molecule has 1 aliphatic rings. The number of aliphatic carboxylic acids is 1. The van der Waals surface area contributed by atoms with Gasteiger partial charge in [0, 0.05) is 5.92 Å². The first-order chi connectivity index (χ1) is 7.15. The van der Waals surface area contributed by atoms with Gasteiger partial charge in [0.25, 0.3) is 0 Å². The van der Waals surface area contributed by atoms with Crippen LogP contribution in [-0.2, 0) is 9.59 Å². The average Bonchev–Trinajstić information content (AvgIpc) is 2.99. The highest BCUT2D eigenvalue weighted by Gasteiger charge is 2.32. The van der Waals surface area contributed by atoms with Crippen molar-refractivity contribution in [3.63, 3.8) is 0 Å². The van der Waals surface area contributed by atoms with Crippen LogP contribution in [0.4, 0.5) is 0 Å². The first-order valence-corrected chi connectivity index (χ1v) is 5.29. The molecule has 0 aromatic heterocycles. The minimum Gasteiger partial charge on any atom is -0.480 e. The smallest absolute Gasteiger partial charge is 0.326 e. The fourth-order valence-electron chi connectivity index (χ4n) is 1.36. The second-order valence-corrected chi connectivity index (χ2v) is 3.89. The molecule has 0 heterocycles. The lowest BCUT2D eigenvalue weighted by Gasteiger charge is -2.13. The Morgan fingerprint density at radius 3 is 2.67 bits per heavy atom. The topological polar surface area (TPSA) is 66.4 Å². The highest BCUT2D eigenvalue weighted by atomic mass is 16.4. The zero-order valence-corrected chi connectivity index (χ0v) is 8.74. The van der Waals surface area contributed by atoms with Gasteiger partial charge in [-0.3, -0.25) is 4.79 Å². The average molecular weight is 211 g/mol. The van der Waals surface area contributed by atoms with Crippen molar-refractivity contribution in [2.75, 3.05) is 0 Å². The standard InChI is InChI=1S/C11H17NO3/c1-2-3-4-5-9(11(14)15)12-10(13)8-6-7-8/h2,8-9H,1,3-7H2,(H,12,13)(H,14,15)/t9-/m0/s1. The molecule has 4 heteroatoms. The monoisotopic (exact) mass is 211 g/mol. The van der Waals surface area contributed by atoms with Gasteiger partial charge < -0.3 is 10.4 Å². The van der Waals surface area contributed by atoms with Gasteiger partial charge in [-0.25, -0.2) is 4.79 Å². The van der Waals surface area contributed by atoms with Gasteiger partial charge in [0.1, 0.15) is 6.04 Å². The zero-order chi connectivity index (χ0) is 11.3. The van der Waals surface area contributed by atoms with Crippen molar-refractivity contribution in [1.82, 2.24) is 5.32 Å². The molecule has 0 aromatic carbocycles. The Bertz CT molecular complexity index is 259. The molecule has 4 nitrogen and oxygen atoms in total. The molecule has 0 aromatic rings. The summed E-state index contributed by atoms with van der Waals surface area (Å²) in [5.74, 6) is -1.000. The van der Waals surface area contributed by atoms with Crippen LogP contribution in [0.5, 0.6) is 0 Å². The SMILES string of the molecule is C=CCCC[C@H](NC(=O)C1CC1)C(=O)O. The number of hydrogen-bond acceptors (Lipinski definition) is 2. The molecule has 0 spiro atoms. The van der Waals surface area contributed by atoms with E-state index in [1.54, 1.807) is 6.08 Å². The van der Waals surface area contributed by atoms with E-state index in [1.807, 2.05) is 0 Å². The van der Waals surface area contributed by atoms with Gasteiger partial charge in [-0.05, 0) is 32.1 Å². The number of carboxylic acid groups (broad SMARTS) is 1. The lowest BCUT2D eigenvalue weighted by molar-refractivity contribution is -0.142. The van der Waals surface area contributed by atoms with Crippen LogP contribution in [-0.4, -0.2) is 23.0 Å². The lowest BCUT2D eigenvalue weighted by atomic mass is 10.1. The van der Waals surface area contributed by atoms with Gasteiger partial charge >= 0.3 is 5.97 Å². The Morgan fingerprint density at radius 2 is 2.20 bits per heavy atom. The summed E-state index contributed by atoms with van der Waals surface area (Å²) >= 11 is 0. The minimum atomic E-state index is -0.951. The van der Waals surface area contributed by atoms with Crippen LogP contribution >= 0.6 is 0 Å². The summed E-state index contributed by atoms with van der Waals surface area (Å²) in [4.78, 5) is 22.2. The molecular formula is C11H17NO3. The van der Waals surface area contributed by atoms with E-state index in [0.717, 1.165) is 25.7 Å². The third-order valence-corrected chi connectivity index (χ3v) is 2.46. The number of allylic oxidation sites excluding steroid dienone is 1. The lowest BCUT2D eigenvalue weighted by Crippen LogP contribution is -2.41. The van der Waals surface area contributed by atoms with Gasteiger partial charge in [-0.1, -0.05) is 6.08 Å². The van der Waals surface area contributed by atoms with Crippen LogP contribution in [0.1, 0.15) is 32.1 Å². The fourth-order valence-corrected chi connectivity index (χ4v) is 1.36. The van der Waals surface area contributed by atoms with E-state index in [9.17, 15) is 9.59 Å². The maximum absolute atomic E-state index is 11.4. The summed E-state index contributed by atoms with van der Waals surface area (Å²) in [7, 11) is 0. The first kappa shape index (κ1) is 11.8. The molecule has 1 aliphatic carbocycles. The van der Waals surface area contributed by atoms with Gasteiger partial charge in [-0.15, -0.1) is 6.58 Å². The zero-order valence-electron chi connectivity index (χ0n) is 8.74. The van der Waals surface area contributed by atoms with Crippen molar-refractivity contribution in [3.8, 4) is 0 Å². The second kappa shape index (κ2) is 5.53. The summed E-state index contributed by atoms with van der Waals surface area (Å²) in [6.07, 6.45) is 5.53. The van der Waals surface area contributed by atoms with E-state index < -0.39 is 12.0 Å². The van der Waals surface area contributed by atoms with Gasteiger partial charge in [0.15, 0.2) is 0 Å². The molecule has 84 valence electrons. The van der Waals surface area contributed by atoms with Crippen LogP contribution in [0.2, 0.25) is 0 Å². The number of unbranched alkanes of at least 4 members (excludes halogenated alkanes) is 1. The van der Waals surface area contributed by atoms with E-state index in [0.29, 0.717) is 6.42 Å². The third kappa shape index (κ3) is 4.14. The van der Waals surface area contributed by atoms with Crippen molar-refractivity contribution in [1.29, 1.82) is 0 Å².